The summed E-state index contributed by atoms with van der Waals surface area (Å²) in [7, 11) is 0. The van der Waals surface area contributed by atoms with Crippen LogP contribution in [0, 0.1) is 20.8 Å². The molecule has 1 aromatic rings. The van der Waals surface area contributed by atoms with Crippen molar-refractivity contribution in [3.8, 4) is 5.75 Å². The monoisotopic (exact) mass is 233 g/mol. The third kappa shape index (κ3) is 3.01. The van der Waals surface area contributed by atoms with Crippen LogP contribution in [0.3, 0.4) is 0 Å². The van der Waals surface area contributed by atoms with E-state index in [2.05, 4.69) is 45.1 Å². The minimum absolute atomic E-state index is 0.367. The largest absolute Gasteiger partial charge is 0.490 e. The van der Waals surface area contributed by atoms with Crippen LogP contribution in [0.5, 0.6) is 5.75 Å². The van der Waals surface area contributed by atoms with Crippen molar-refractivity contribution < 1.29 is 4.74 Å². The Labute approximate surface area is 104 Å². The van der Waals surface area contributed by atoms with Crippen molar-refractivity contribution in [2.45, 2.75) is 52.7 Å². The fourth-order valence-corrected chi connectivity index (χ4v) is 2.50. The summed E-state index contributed by atoms with van der Waals surface area (Å²) in [5.74, 6) is 1.07. The van der Waals surface area contributed by atoms with E-state index in [1.165, 1.54) is 16.7 Å². The number of ether oxygens (including phenoxy) is 1. The molecule has 0 aromatic heterocycles. The number of hydrogen-bond acceptors (Lipinski definition) is 2. The van der Waals surface area contributed by atoms with E-state index in [4.69, 9.17) is 4.74 Å². The summed E-state index contributed by atoms with van der Waals surface area (Å²) >= 11 is 0. The number of benzene rings is 1. The van der Waals surface area contributed by atoms with Crippen LogP contribution in [-0.4, -0.2) is 18.7 Å². The van der Waals surface area contributed by atoms with Gasteiger partial charge in [-0.2, -0.15) is 0 Å². The highest BCUT2D eigenvalue weighted by molar-refractivity contribution is 5.42. The van der Waals surface area contributed by atoms with E-state index in [9.17, 15) is 0 Å². The Morgan fingerprint density at radius 2 is 2.00 bits per heavy atom. The maximum Gasteiger partial charge on any atom is 0.123 e. The number of nitrogens with one attached hydrogen (secondary N) is 1. The van der Waals surface area contributed by atoms with E-state index >= 15 is 0 Å². The lowest BCUT2D eigenvalue weighted by molar-refractivity contribution is 0.143. The predicted octanol–water partition coefficient (Wildman–Crippen LogP) is 3.13. The Morgan fingerprint density at radius 3 is 2.71 bits per heavy atom. The van der Waals surface area contributed by atoms with Gasteiger partial charge in [-0.15, -0.1) is 0 Å². The van der Waals surface area contributed by atoms with Crippen LogP contribution < -0.4 is 10.1 Å². The molecule has 2 unspecified atom stereocenters. The maximum atomic E-state index is 6.18. The lowest BCUT2D eigenvalue weighted by Gasteiger charge is -2.29. The normalized spacial score (nSPS) is 24.7. The van der Waals surface area contributed by atoms with Crippen molar-refractivity contribution in [3.63, 3.8) is 0 Å². The van der Waals surface area contributed by atoms with Gasteiger partial charge in [0.05, 0.1) is 0 Å². The third-order valence-electron chi connectivity index (χ3n) is 3.63. The summed E-state index contributed by atoms with van der Waals surface area (Å²) in [6.45, 7) is 9.72. The van der Waals surface area contributed by atoms with Gasteiger partial charge in [0.2, 0.25) is 0 Å². The lowest BCUT2D eigenvalue weighted by atomic mass is 10.0. The van der Waals surface area contributed by atoms with Gasteiger partial charge in [-0.05, 0) is 69.8 Å². The zero-order valence-electron chi connectivity index (χ0n) is 11.3. The van der Waals surface area contributed by atoms with Crippen molar-refractivity contribution in [1.29, 1.82) is 0 Å². The van der Waals surface area contributed by atoms with Crippen molar-refractivity contribution in [3.05, 3.63) is 28.8 Å². The standard InChI is InChI=1S/C15H23NO/c1-10-7-11(2)13(4)15(8-10)17-14-5-6-16-12(3)9-14/h7-8,12,14,16H,5-6,9H2,1-4H3. The van der Waals surface area contributed by atoms with Crippen molar-refractivity contribution in [2.24, 2.45) is 0 Å². The second kappa shape index (κ2) is 5.09. The molecular weight excluding hydrogens is 210 g/mol. The second-order valence-electron chi connectivity index (χ2n) is 5.32. The van der Waals surface area contributed by atoms with Gasteiger partial charge in [-0.25, -0.2) is 0 Å². The first-order valence-corrected chi connectivity index (χ1v) is 6.54. The van der Waals surface area contributed by atoms with Gasteiger partial charge in [0, 0.05) is 6.04 Å². The predicted molar refractivity (Wildman–Crippen MR) is 71.8 cm³/mol. The first-order chi connectivity index (χ1) is 8.06. The number of rotatable bonds is 2. The Hall–Kier alpha value is -1.02. The van der Waals surface area contributed by atoms with Crippen molar-refractivity contribution in [1.82, 2.24) is 5.32 Å². The molecule has 17 heavy (non-hydrogen) atoms. The van der Waals surface area contributed by atoms with Gasteiger partial charge in [0.25, 0.3) is 0 Å². The van der Waals surface area contributed by atoms with E-state index < -0.39 is 0 Å². The minimum atomic E-state index is 0.367. The van der Waals surface area contributed by atoms with Crippen molar-refractivity contribution >= 4 is 0 Å². The molecule has 0 radical (unpaired) electrons. The molecule has 1 aliphatic rings. The highest BCUT2D eigenvalue weighted by Gasteiger charge is 2.20. The average molecular weight is 233 g/mol. The van der Waals surface area contributed by atoms with Gasteiger partial charge in [-0.3, -0.25) is 0 Å². The summed E-state index contributed by atoms with van der Waals surface area (Å²) in [6.07, 6.45) is 2.58. The van der Waals surface area contributed by atoms with Crippen LogP contribution in [-0.2, 0) is 0 Å². The van der Waals surface area contributed by atoms with Gasteiger partial charge in [0.15, 0.2) is 0 Å². The summed E-state index contributed by atoms with van der Waals surface area (Å²) < 4.78 is 6.18. The zero-order valence-corrected chi connectivity index (χ0v) is 11.3. The van der Waals surface area contributed by atoms with Crippen LogP contribution in [0.15, 0.2) is 12.1 Å². The molecule has 0 bridgehead atoms. The first kappa shape index (κ1) is 12.4. The van der Waals surface area contributed by atoms with Crippen LogP contribution >= 0.6 is 0 Å². The highest BCUT2D eigenvalue weighted by Crippen LogP contribution is 2.26. The average Bonchev–Trinajstić information content (AvgIpc) is 2.25. The Morgan fingerprint density at radius 1 is 1.24 bits per heavy atom. The molecular formula is C15H23NO. The van der Waals surface area contributed by atoms with Crippen LogP contribution in [0.2, 0.25) is 0 Å². The van der Waals surface area contributed by atoms with E-state index in [1.807, 2.05) is 0 Å². The smallest absolute Gasteiger partial charge is 0.123 e. The minimum Gasteiger partial charge on any atom is -0.490 e. The second-order valence-corrected chi connectivity index (χ2v) is 5.32. The van der Waals surface area contributed by atoms with Crippen LogP contribution in [0.25, 0.3) is 0 Å². The number of piperidine rings is 1. The molecule has 1 aliphatic heterocycles. The molecule has 1 heterocycles. The molecule has 0 amide bonds. The molecule has 2 rings (SSSR count). The van der Waals surface area contributed by atoms with Gasteiger partial charge >= 0.3 is 0 Å². The topological polar surface area (TPSA) is 21.3 Å². The molecule has 1 fully saturated rings. The van der Waals surface area contributed by atoms with Crippen LogP contribution in [0.4, 0.5) is 0 Å². The fraction of sp³-hybridized carbons (Fsp3) is 0.600. The Kier molecular flexibility index (Phi) is 3.72. The van der Waals surface area contributed by atoms with E-state index in [1.54, 1.807) is 0 Å². The Balaban J connectivity index is 2.12. The molecule has 2 atom stereocenters. The first-order valence-electron chi connectivity index (χ1n) is 6.54. The highest BCUT2D eigenvalue weighted by atomic mass is 16.5. The molecule has 1 N–H and O–H groups in total. The van der Waals surface area contributed by atoms with Gasteiger partial charge in [-0.1, -0.05) is 6.07 Å². The molecule has 0 spiro atoms. The van der Waals surface area contributed by atoms with Crippen LogP contribution in [0.1, 0.15) is 36.5 Å². The molecule has 0 aliphatic carbocycles. The summed E-state index contributed by atoms with van der Waals surface area (Å²) in [5.41, 5.74) is 3.88. The van der Waals surface area contributed by atoms with E-state index in [-0.39, 0.29) is 0 Å². The van der Waals surface area contributed by atoms with E-state index in [0.717, 1.165) is 25.1 Å². The fourth-order valence-electron chi connectivity index (χ4n) is 2.50. The van der Waals surface area contributed by atoms with Gasteiger partial charge in [0.1, 0.15) is 11.9 Å². The Bertz CT molecular complexity index is 400. The molecule has 2 heteroatoms. The summed E-state index contributed by atoms with van der Waals surface area (Å²) in [5, 5.41) is 3.46. The quantitative estimate of drug-likeness (QED) is 0.847. The lowest BCUT2D eigenvalue weighted by Crippen LogP contribution is -2.40. The van der Waals surface area contributed by atoms with E-state index in [0.29, 0.717) is 12.1 Å². The number of aryl methyl sites for hydroxylation is 2. The molecule has 0 saturated carbocycles. The SMILES string of the molecule is Cc1cc(C)c(C)c(OC2CCNC(C)C2)c1. The molecule has 94 valence electrons. The number of hydrogen-bond donors (Lipinski definition) is 1. The molecule has 1 aromatic carbocycles. The van der Waals surface area contributed by atoms with Crippen molar-refractivity contribution in [2.75, 3.05) is 6.54 Å². The zero-order chi connectivity index (χ0) is 12.4. The molecule has 2 nitrogen and oxygen atoms in total. The maximum absolute atomic E-state index is 6.18. The summed E-state index contributed by atoms with van der Waals surface area (Å²) in [6, 6.07) is 4.95. The molecule has 1 saturated heterocycles. The summed E-state index contributed by atoms with van der Waals surface area (Å²) in [4.78, 5) is 0. The van der Waals surface area contributed by atoms with Gasteiger partial charge < -0.3 is 10.1 Å². The third-order valence-corrected chi connectivity index (χ3v) is 3.63.